The number of aryl methyl sites for hydroxylation is 2. The van der Waals surface area contributed by atoms with Crippen molar-refractivity contribution in [3.8, 4) is 33.3 Å². The molecule has 0 amide bonds. The topological polar surface area (TPSA) is 82.7 Å². The number of nitrogens with one attached hydrogen (secondary N) is 1. The lowest BCUT2D eigenvalue weighted by Gasteiger charge is -2.16. The van der Waals surface area contributed by atoms with E-state index in [0.717, 1.165) is 37.7 Å². The molecular formula is C24H25N7OS. The fraction of sp³-hybridized carbons (Fsp3) is 0.250. The Bertz CT molecular complexity index is 1400. The number of benzene rings is 1. The molecule has 0 saturated carbocycles. The van der Waals surface area contributed by atoms with Crippen molar-refractivity contribution in [2.75, 3.05) is 19.0 Å². The lowest BCUT2D eigenvalue weighted by Crippen LogP contribution is -2.22. The molecule has 0 saturated heterocycles. The first-order valence-electron chi connectivity index (χ1n) is 10.7. The number of aromatic nitrogens is 6. The van der Waals surface area contributed by atoms with Crippen LogP contribution in [0, 0.1) is 0 Å². The van der Waals surface area contributed by atoms with Crippen LogP contribution in [-0.4, -0.2) is 49.1 Å². The van der Waals surface area contributed by atoms with Gasteiger partial charge in [-0.05, 0) is 18.6 Å². The van der Waals surface area contributed by atoms with E-state index in [9.17, 15) is 0 Å². The minimum Gasteiger partial charge on any atom is -0.383 e. The molecule has 0 aliphatic heterocycles. The Balaban J connectivity index is 1.82. The highest BCUT2D eigenvalue weighted by molar-refractivity contribution is 7.22. The van der Waals surface area contributed by atoms with E-state index in [1.807, 2.05) is 60.0 Å². The number of thiophene rings is 1. The van der Waals surface area contributed by atoms with E-state index in [0.29, 0.717) is 18.3 Å². The van der Waals surface area contributed by atoms with E-state index in [-0.39, 0.29) is 6.04 Å². The molecule has 8 nitrogen and oxygen atoms in total. The fourth-order valence-electron chi connectivity index (χ4n) is 3.91. The van der Waals surface area contributed by atoms with Gasteiger partial charge in [0.05, 0.1) is 16.9 Å². The Kier molecular flexibility index (Phi) is 5.65. The number of hydrogen-bond acceptors (Lipinski definition) is 7. The summed E-state index contributed by atoms with van der Waals surface area (Å²) < 4.78 is 9.11. The Morgan fingerprint density at radius 2 is 1.91 bits per heavy atom. The van der Waals surface area contributed by atoms with Crippen molar-refractivity contribution in [1.29, 1.82) is 0 Å². The van der Waals surface area contributed by atoms with Crippen LogP contribution >= 0.6 is 11.3 Å². The fourth-order valence-corrected chi connectivity index (χ4v) is 5.07. The Hall–Kier alpha value is -3.56. The molecule has 5 rings (SSSR count). The standard InChI is InChI=1S/C24H25N7OS/c1-15(14-32-4)26-21-19-18(16-8-6-5-7-9-16)20(17-10-12-31(3)29-17)33-24(19)28-22(27-21)23-25-11-13-30(23)2/h5-13,15H,14H2,1-4H3,(H,26,27,28). The molecule has 33 heavy (non-hydrogen) atoms. The molecular weight excluding hydrogens is 434 g/mol. The number of hydrogen-bond donors (Lipinski definition) is 1. The van der Waals surface area contributed by atoms with Gasteiger partial charge in [-0.1, -0.05) is 30.3 Å². The molecule has 9 heteroatoms. The maximum atomic E-state index is 5.37. The summed E-state index contributed by atoms with van der Waals surface area (Å²) in [5.41, 5.74) is 3.08. The van der Waals surface area contributed by atoms with Gasteiger partial charge >= 0.3 is 0 Å². The van der Waals surface area contributed by atoms with Gasteiger partial charge in [-0.25, -0.2) is 15.0 Å². The van der Waals surface area contributed by atoms with Gasteiger partial charge in [-0.15, -0.1) is 11.3 Å². The Morgan fingerprint density at radius 1 is 1.09 bits per heavy atom. The van der Waals surface area contributed by atoms with Gasteiger partial charge in [0.25, 0.3) is 0 Å². The van der Waals surface area contributed by atoms with Crippen molar-refractivity contribution in [3.63, 3.8) is 0 Å². The first-order valence-corrected chi connectivity index (χ1v) is 11.5. The van der Waals surface area contributed by atoms with E-state index in [2.05, 4.69) is 29.4 Å². The molecule has 1 aromatic carbocycles. The molecule has 1 atom stereocenters. The number of ether oxygens (including phenoxy) is 1. The van der Waals surface area contributed by atoms with Crippen molar-refractivity contribution >= 4 is 27.4 Å². The molecule has 5 aromatic rings. The third-order valence-corrected chi connectivity index (χ3v) is 6.49. The predicted molar refractivity (Wildman–Crippen MR) is 132 cm³/mol. The second-order valence-corrected chi connectivity index (χ2v) is 8.98. The van der Waals surface area contributed by atoms with Gasteiger partial charge in [0.15, 0.2) is 11.6 Å². The average molecular weight is 460 g/mol. The predicted octanol–water partition coefficient (Wildman–Crippen LogP) is 4.61. The van der Waals surface area contributed by atoms with E-state index in [1.54, 1.807) is 24.6 Å². The van der Waals surface area contributed by atoms with E-state index in [1.165, 1.54) is 0 Å². The second-order valence-electron chi connectivity index (χ2n) is 7.99. The average Bonchev–Trinajstić information content (AvgIpc) is 3.52. The molecule has 1 unspecified atom stereocenters. The second kappa shape index (κ2) is 8.76. The van der Waals surface area contributed by atoms with Crippen molar-refractivity contribution in [2.24, 2.45) is 14.1 Å². The quantitative estimate of drug-likeness (QED) is 0.383. The number of fused-ring (bicyclic) bond motifs is 1. The summed E-state index contributed by atoms with van der Waals surface area (Å²) in [6.07, 6.45) is 5.61. The van der Waals surface area contributed by atoms with Gasteiger partial charge in [0.2, 0.25) is 0 Å². The van der Waals surface area contributed by atoms with Crippen molar-refractivity contribution < 1.29 is 4.74 Å². The molecule has 0 aliphatic carbocycles. The van der Waals surface area contributed by atoms with E-state index in [4.69, 9.17) is 19.8 Å². The lowest BCUT2D eigenvalue weighted by atomic mass is 10.0. The summed E-state index contributed by atoms with van der Waals surface area (Å²) in [5.74, 6) is 2.06. The molecule has 1 N–H and O–H groups in total. The highest BCUT2D eigenvalue weighted by Crippen LogP contribution is 2.46. The highest BCUT2D eigenvalue weighted by atomic mass is 32.1. The molecule has 0 aliphatic rings. The number of rotatable bonds is 7. The van der Waals surface area contributed by atoms with Crippen LogP contribution in [0.2, 0.25) is 0 Å². The normalized spacial score (nSPS) is 12.4. The molecule has 0 spiro atoms. The lowest BCUT2D eigenvalue weighted by molar-refractivity contribution is 0.190. The summed E-state index contributed by atoms with van der Waals surface area (Å²) in [7, 11) is 5.57. The number of anilines is 1. The molecule has 168 valence electrons. The summed E-state index contributed by atoms with van der Waals surface area (Å²) >= 11 is 1.62. The number of methoxy groups -OCH3 is 1. The third-order valence-electron chi connectivity index (χ3n) is 5.38. The van der Waals surface area contributed by atoms with E-state index < -0.39 is 0 Å². The van der Waals surface area contributed by atoms with Crippen molar-refractivity contribution in [2.45, 2.75) is 13.0 Å². The largest absolute Gasteiger partial charge is 0.383 e. The van der Waals surface area contributed by atoms with Crippen LogP contribution in [0.3, 0.4) is 0 Å². The van der Waals surface area contributed by atoms with Crippen LogP contribution in [0.4, 0.5) is 5.82 Å². The molecule has 0 radical (unpaired) electrons. The van der Waals surface area contributed by atoms with Gasteiger partial charge in [-0.3, -0.25) is 4.68 Å². The van der Waals surface area contributed by atoms with Crippen molar-refractivity contribution in [1.82, 2.24) is 29.3 Å². The van der Waals surface area contributed by atoms with Gasteiger partial charge in [0, 0.05) is 51.4 Å². The third kappa shape index (κ3) is 4.01. The van der Waals surface area contributed by atoms with Crippen LogP contribution in [0.5, 0.6) is 0 Å². The summed E-state index contributed by atoms with van der Waals surface area (Å²) in [4.78, 5) is 16.3. The maximum Gasteiger partial charge on any atom is 0.199 e. The Labute approximate surface area is 195 Å². The zero-order valence-corrected chi connectivity index (χ0v) is 19.8. The van der Waals surface area contributed by atoms with Gasteiger partial charge < -0.3 is 14.6 Å². The number of imidazole rings is 1. The zero-order chi connectivity index (χ0) is 22.9. The SMILES string of the molecule is COCC(C)Nc1nc(-c2nccn2C)nc2sc(-c3ccn(C)n3)c(-c3ccccc3)c12. The Morgan fingerprint density at radius 3 is 2.58 bits per heavy atom. The van der Waals surface area contributed by atoms with Crippen molar-refractivity contribution in [3.05, 3.63) is 55.0 Å². The molecule has 0 fully saturated rings. The van der Waals surface area contributed by atoms with Crippen LogP contribution in [-0.2, 0) is 18.8 Å². The smallest absolute Gasteiger partial charge is 0.199 e. The van der Waals surface area contributed by atoms with Gasteiger partial charge in [-0.2, -0.15) is 5.10 Å². The van der Waals surface area contributed by atoms with Crippen LogP contribution in [0.1, 0.15) is 6.92 Å². The summed E-state index contributed by atoms with van der Waals surface area (Å²) in [5, 5.41) is 9.23. The minimum absolute atomic E-state index is 0.0594. The molecule has 4 heterocycles. The summed E-state index contributed by atoms with van der Waals surface area (Å²) in [6, 6.07) is 12.4. The summed E-state index contributed by atoms with van der Waals surface area (Å²) in [6.45, 7) is 2.63. The van der Waals surface area contributed by atoms with Gasteiger partial charge in [0.1, 0.15) is 16.3 Å². The van der Waals surface area contributed by atoms with Crippen LogP contribution in [0.25, 0.3) is 43.6 Å². The molecule has 4 aromatic heterocycles. The van der Waals surface area contributed by atoms with Crippen LogP contribution in [0.15, 0.2) is 55.0 Å². The first kappa shape index (κ1) is 21.3. The first-order chi connectivity index (χ1) is 16.0. The zero-order valence-electron chi connectivity index (χ0n) is 19.0. The number of nitrogens with zero attached hydrogens (tertiary/aromatic N) is 6. The molecule has 0 bridgehead atoms. The van der Waals surface area contributed by atoms with E-state index >= 15 is 0 Å². The highest BCUT2D eigenvalue weighted by Gasteiger charge is 2.24. The van der Waals surface area contributed by atoms with Crippen LogP contribution < -0.4 is 5.32 Å². The maximum absolute atomic E-state index is 5.37. The monoisotopic (exact) mass is 459 g/mol. The minimum atomic E-state index is 0.0594.